The molecule has 5 nitrogen and oxygen atoms in total. The van der Waals surface area contributed by atoms with Gasteiger partial charge in [0.2, 0.25) is 5.91 Å². The highest BCUT2D eigenvalue weighted by molar-refractivity contribution is 7.90. The fraction of sp³-hybridized carbons (Fsp3) is 0.900. The second-order valence-corrected chi connectivity index (χ2v) is 6.86. The number of nitrogens with zero attached hydrogens (tertiary/aromatic N) is 1. The molecule has 0 aromatic carbocycles. The number of carbonyl (C=O) groups excluding carboxylic acids is 1. The van der Waals surface area contributed by atoms with Crippen molar-refractivity contribution in [2.75, 3.05) is 38.7 Å². The van der Waals surface area contributed by atoms with E-state index in [1.54, 1.807) is 7.05 Å². The molecule has 0 aromatic heterocycles. The van der Waals surface area contributed by atoms with Gasteiger partial charge in [-0.3, -0.25) is 4.79 Å². The third kappa shape index (κ3) is 3.75. The van der Waals surface area contributed by atoms with Crippen molar-refractivity contribution >= 4 is 15.7 Å². The molecule has 0 bridgehead atoms. The van der Waals surface area contributed by atoms with Gasteiger partial charge in [-0.2, -0.15) is 0 Å². The van der Waals surface area contributed by atoms with Crippen LogP contribution in [0.2, 0.25) is 0 Å². The molecule has 0 spiro atoms. The van der Waals surface area contributed by atoms with E-state index >= 15 is 0 Å². The Morgan fingerprint density at radius 3 is 2.44 bits per heavy atom. The highest BCUT2D eigenvalue weighted by atomic mass is 32.2. The van der Waals surface area contributed by atoms with E-state index in [2.05, 4.69) is 5.32 Å². The molecule has 1 atom stereocenters. The number of rotatable bonds is 5. The zero-order valence-electron chi connectivity index (χ0n) is 10.1. The number of nitrogens with one attached hydrogen (secondary N) is 1. The zero-order chi connectivity index (χ0) is 12.3. The summed E-state index contributed by atoms with van der Waals surface area (Å²) >= 11 is 0. The average Bonchev–Trinajstić information content (AvgIpc) is 2.08. The number of hydrogen-bond donors (Lipinski definition) is 1. The molecule has 1 saturated heterocycles. The van der Waals surface area contributed by atoms with Gasteiger partial charge in [-0.05, 0) is 19.0 Å². The Morgan fingerprint density at radius 1 is 1.50 bits per heavy atom. The fourth-order valence-corrected chi connectivity index (χ4v) is 2.23. The molecule has 1 rings (SSSR count). The summed E-state index contributed by atoms with van der Waals surface area (Å²) in [6.45, 7) is 3.95. The maximum atomic E-state index is 11.9. The van der Waals surface area contributed by atoms with Crippen LogP contribution in [0.5, 0.6) is 0 Å². The van der Waals surface area contributed by atoms with Crippen LogP contribution in [-0.2, 0) is 14.6 Å². The second kappa shape index (κ2) is 5.14. The van der Waals surface area contributed by atoms with E-state index in [1.807, 2.05) is 6.92 Å². The van der Waals surface area contributed by atoms with Crippen LogP contribution in [-0.4, -0.2) is 57.9 Å². The molecule has 0 aliphatic carbocycles. The first kappa shape index (κ1) is 13.4. The van der Waals surface area contributed by atoms with Crippen molar-refractivity contribution in [3.8, 4) is 0 Å². The van der Waals surface area contributed by atoms with E-state index in [-0.39, 0.29) is 24.1 Å². The summed E-state index contributed by atoms with van der Waals surface area (Å²) in [4.78, 5) is 13.4. The topological polar surface area (TPSA) is 66.5 Å². The summed E-state index contributed by atoms with van der Waals surface area (Å²) in [5.74, 6) is 0.444. The van der Waals surface area contributed by atoms with E-state index in [1.165, 1.54) is 11.2 Å². The summed E-state index contributed by atoms with van der Waals surface area (Å²) in [7, 11) is -1.33. The Labute approximate surface area is 97.1 Å². The molecule has 1 amide bonds. The lowest BCUT2D eigenvalue weighted by molar-refractivity contribution is -0.135. The predicted molar refractivity (Wildman–Crippen MR) is 62.9 cm³/mol. The average molecular weight is 248 g/mol. The van der Waals surface area contributed by atoms with Crippen molar-refractivity contribution in [3.05, 3.63) is 0 Å². The maximum Gasteiger partial charge on any atom is 0.225 e. The first-order chi connectivity index (χ1) is 7.31. The Bertz CT molecular complexity index is 349. The predicted octanol–water partition coefficient (Wildman–Crippen LogP) is -0.655. The van der Waals surface area contributed by atoms with Crippen LogP contribution in [0.1, 0.15) is 6.92 Å². The van der Waals surface area contributed by atoms with Crippen molar-refractivity contribution in [2.24, 2.45) is 11.8 Å². The van der Waals surface area contributed by atoms with E-state index in [0.29, 0.717) is 5.92 Å². The molecule has 16 heavy (non-hydrogen) atoms. The van der Waals surface area contributed by atoms with Crippen molar-refractivity contribution in [2.45, 2.75) is 6.92 Å². The van der Waals surface area contributed by atoms with Gasteiger partial charge in [-0.15, -0.1) is 0 Å². The van der Waals surface area contributed by atoms with Crippen molar-refractivity contribution in [1.29, 1.82) is 0 Å². The highest BCUT2D eigenvalue weighted by Crippen LogP contribution is 2.17. The lowest BCUT2D eigenvalue weighted by Crippen LogP contribution is -2.50. The molecule has 1 aliphatic heterocycles. The number of hydrogen-bond acceptors (Lipinski definition) is 4. The van der Waals surface area contributed by atoms with Gasteiger partial charge in [0.1, 0.15) is 9.84 Å². The van der Waals surface area contributed by atoms with Crippen LogP contribution in [0.25, 0.3) is 0 Å². The lowest BCUT2D eigenvalue weighted by Gasteiger charge is -2.33. The molecule has 94 valence electrons. The van der Waals surface area contributed by atoms with Crippen LogP contribution >= 0.6 is 0 Å². The Balaban J connectivity index is 2.40. The summed E-state index contributed by atoms with van der Waals surface area (Å²) in [5, 5.41) is 3.13. The quantitative estimate of drug-likeness (QED) is 0.702. The zero-order valence-corrected chi connectivity index (χ0v) is 10.9. The molecule has 1 unspecified atom stereocenters. The molecule has 0 aromatic rings. The van der Waals surface area contributed by atoms with Crippen LogP contribution in [0.3, 0.4) is 0 Å². The molecule has 1 aliphatic rings. The molecule has 1 N–H and O–H groups in total. The van der Waals surface area contributed by atoms with Crippen molar-refractivity contribution < 1.29 is 13.2 Å². The molecular weight excluding hydrogens is 228 g/mol. The normalized spacial score (nSPS) is 18.9. The van der Waals surface area contributed by atoms with Gasteiger partial charge in [0.15, 0.2) is 0 Å². The number of amides is 1. The minimum Gasteiger partial charge on any atom is -0.345 e. The summed E-state index contributed by atoms with van der Waals surface area (Å²) in [5.41, 5.74) is 0. The minimum absolute atomic E-state index is 0.0224. The van der Waals surface area contributed by atoms with Gasteiger partial charge in [-0.25, -0.2) is 8.42 Å². The maximum absolute atomic E-state index is 11.9. The van der Waals surface area contributed by atoms with Crippen LogP contribution in [0.4, 0.5) is 0 Å². The second-order valence-electron chi connectivity index (χ2n) is 4.60. The van der Waals surface area contributed by atoms with E-state index in [4.69, 9.17) is 0 Å². The molecule has 0 radical (unpaired) electrons. The first-order valence-electron chi connectivity index (χ1n) is 5.44. The first-order valence-corrected chi connectivity index (χ1v) is 7.50. The van der Waals surface area contributed by atoms with E-state index in [9.17, 15) is 13.2 Å². The molecule has 0 saturated carbocycles. The summed E-state index contributed by atoms with van der Waals surface area (Å²) in [6, 6.07) is 0. The number of sulfone groups is 1. The summed E-state index contributed by atoms with van der Waals surface area (Å²) < 4.78 is 22.0. The molecule has 1 heterocycles. The monoisotopic (exact) mass is 248 g/mol. The standard InChI is InChI=1S/C10H20N2O3S/c1-8(9-6-11-7-9)10(13)12(2)4-5-16(3,14)15/h8-9,11H,4-7H2,1-3H3. The van der Waals surface area contributed by atoms with Crippen LogP contribution in [0, 0.1) is 11.8 Å². The summed E-state index contributed by atoms with van der Waals surface area (Å²) in [6.07, 6.45) is 1.19. The lowest BCUT2D eigenvalue weighted by atomic mass is 9.88. The van der Waals surface area contributed by atoms with Gasteiger partial charge >= 0.3 is 0 Å². The Morgan fingerprint density at radius 2 is 2.06 bits per heavy atom. The van der Waals surface area contributed by atoms with Gasteiger partial charge in [0, 0.05) is 25.8 Å². The highest BCUT2D eigenvalue weighted by Gasteiger charge is 2.30. The Kier molecular flexibility index (Phi) is 4.32. The molecule has 1 fully saturated rings. The largest absolute Gasteiger partial charge is 0.345 e. The number of carbonyl (C=O) groups is 1. The van der Waals surface area contributed by atoms with Crippen LogP contribution in [0.15, 0.2) is 0 Å². The van der Waals surface area contributed by atoms with Gasteiger partial charge in [-0.1, -0.05) is 6.92 Å². The van der Waals surface area contributed by atoms with Gasteiger partial charge in [0.05, 0.1) is 5.75 Å². The minimum atomic E-state index is -3.00. The molecule has 6 heteroatoms. The SMILES string of the molecule is CC(C(=O)N(C)CCS(C)(=O)=O)C1CNC1. The van der Waals surface area contributed by atoms with Gasteiger partial charge < -0.3 is 10.2 Å². The molecular formula is C10H20N2O3S. The van der Waals surface area contributed by atoms with Gasteiger partial charge in [0.25, 0.3) is 0 Å². The Hall–Kier alpha value is -0.620. The third-order valence-electron chi connectivity index (χ3n) is 3.08. The van der Waals surface area contributed by atoms with Crippen LogP contribution < -0.4 is 5.32 Å². The van der Waals surface area contributed by atoms with Crippen molar-refractivity contribution in [3.63, 3.8) is 0 Å². The third-order valence-corrected chi connectivity index (χ3v) is 4.01. The fourth-order valence-electron chi connectivity index (χ4n) is 1.63. The van der Waals surface area contributed by atoms with Crippen molar-refractivity contribution in [1.82, 2.24) is 10.2 Å². The van der Waals surface area contributed by atoms with E-state index < -0.39 is 9.84 Å². The smallest absolute Gasteiger partial charge is 0.225 e. The van der Waals surface area contributed by atoms with E-state index in [0.717, 1.165) is 13.1 Å².